The molecule has 1 rings (SSSR count). The molecule has 1 aromatic carbocycles. The molecule has 0 saturated heterocycles. The molecule has 0 radical (unpaired) electrons. The van der Waals surface area contributed by atoms with Gasteiger partial charge in [0.1, 0.15) is 6.04 Å². The van der Waals surface area contributed by atoms with Crippen LogP contribution in [-0.2, 0) is 9.59 Å². The summed E-state index contributed by atoms with van der Waals surface area (Å²) in [6, 6.07) is 8.48. The fraction of sp³-hybridized carbons (Fsp3) is 0.286. The SMILES string of the molecule is CC(C)[C@H](NC(=O)/C=C\c1ccccc1)C(=O)O. The van der Waals surface area contributed by atoms with Crippen LogP contribution in [0.25, 0.3) is 6.08 Å². The lowest BCUT2D eigenvalue weighted by molar-refractivity contribution is -0.142. The molecule has 1 atom stereocenters. The van der Waals surface area contributed by atoms with Crippen LogP contribution in [0.4, 0.5) is 0 Å². The van der Waals surface area contributed by atoms with Gasteiger partial charge in [-0.2, -0.15) is 0 Å². The van der Waals surface area contributed by atoms with Crippen molar-refractivity contribution in [3.63, 3.8) is 0 Å². The fourth-order valence-corrected chi connectivity index (χ4v) is 1.45. The second kappa shape index (κ2) is 6.59. The van der Waals surface area contributed by atoms with Crippen LogP contribution >= 0.6 is 0 Å². The Morgan fingerprint density at radius 1 is 1.22 bits per heavy atom. The number of amides is 1. The van der Waals surface area contributed by atoms with E-state index in [0.29, 0.717) is 0 Å². The maximum absolute atomic E-state index is 11.6. The van der Waals surface area contributed by atoms with Gasteiger partial charge in [-0.05, 0) is 17.6 Å². The Hall–Kier alpha value is -2.10. The zero-order chi connectivity index (χ0) is 13.5. The average Bonchev–Trinajstić information content (AvgIpc) is 2.34. The minimum absolute atomic E-state index is 0.156. The highest BCUT2D eigenvalue weighted by Crippen LogP contribution is 2.03. The summed E-state index contributed by atoms with van der Waals surface area (Å²) in [7, 11) is 0. The number of aliphatic carboxylic acids is 1. The highest BCUT2D eigenvalue weighted by Gasteiger charge is 2.22. The number of carboxylic acid groups (broad SMARTS) is 1. The predicted molar refractivity (Wildman–Crippen MR) is 69.9 cm³/mol. The summed E-state index contributed by atoms with van der Waals surface area (Å²) in [6.45, 7) is 3.50. The minimum Gasteiger partial charge on any atom is -0.480 e. The highest BCUT2D eigenvalue weighted by atomic mass is 16.4. The molecule has 1 aromatic rings. The van der Waals surface area contributed by atoms with E-state index in [9.17, 15) is 9.59 Å². The third-order valence-corrected chi connectivity index (χ3v) is 2.46. The molecular weight excluding hydrogens is 230 g/mol. The van der Waals surface area contributed by atoms with Gasteiger partial charge in [0, 0.05) is 6.08 Å². The number of hydrogen-bond acceptors (Lipinski definition) is 2. The van der Waals surface area contributed by atoms with Crippen LogP contribution in [0.15, 0.2) is 36.4 Å². The van der Waals surface area contributed by atoms with Gasteiger partial charge in [0.05, 0.1) is 0 Å². The summed E-state index contributed by atoms with van der Waals surface area (Å²) >= 11 is 0. The molecular formula is C14H17NO3. The number of carbonyl (C=O) groups is 2. The zero-order valence-corrected chi connectivity index (χ0v) is 10.5. The van der Waals surface area contributed by atoms with Crippen molar-refractivity contribution in [2.75, 3.05) is 0 Å². The lowest BCUT2D eigenvalue weighted by atomic mass is 10.0. The Morgan fingerprint density at radius 3 is 2.33 bits per heavy atom. The Bertz CT molecular complexity index is 438. The van der Waals surface area contributed by atoms with E-state index in [4.69, 9.17) is 5.11 Å². The van der Waals surface area contributed by atoms with Gasteiger partial charge in [0.2, 0.25) is 5.91 Å². The monoisotopic (exact) mass is 247 g/mol. The third kappa shape index (κ3) is 4.41. The predicted octanol–water partition coefficient (Wildman–Crippen LogP) is 1.93. The summed E-state index contributed by atoms with van der Waals surface area (Å²) in [4.78, 5) is 22.5. The van der Waals surface area contributed by atoms with Gasteiger partial charge < -0.3 is 10.4 Å². The van der Waals surface area contributed by atoms with E-state index in [1.807, 2.05) is 30.3 Å². The minimum atomic E-state index is -1.02. The molecule has 4 nitrogen and oxygen atoms in total. The number of nitrogens with one attached hydrogen (secondary N) is 1. The van der Waals surface area contributed by atoms with Gasteiger partial charge in [-0.15, -0.1) is 0 Å². The van der Waals surface area contributed by atoms with Gasteiger partial charge in [0.25, 0.3) is 0 Å². The highest BCUT2D eigenvalue weighted by molar-refractivity contribution is 5.94. The maximum atomic E-state index is 11.6. The van der Waals surface area contributed by atoms with E-state index in [1.165, 1.54) is 6.08 Å². The molecule has 0 aliphatic heterocycles. The van der Waals surface area contributed by atoms with Crippen molar-refractivity contribution < 1.29 is 14.7 Å². The Morgan fingerprint density at radius 2 is 1.83 bits per heavy atom. The lowest BCUT2D eigenvalue weighted by Crippen LogP contribution is -2.43. The molecule has 0 heterocycles. The first-order chi connectivity index (χ1) is 8.50. The van der Waals surface area contributed by atoms with Gasteiger partial charge >= 0.3 is 5.97 Å². The lowest BCUT2D eigenvalue weighted by Gasteiger charge is -2.16. The van der Waals surface area contributed by atoms with E-state index in [0.717, 1.165) is 5.56 Å². The molecule has 0 saturated carbocycles. The van der Waals surface area contributed by atoms with Gasteiger partial charge in [-0.25, -0.2) is 4.79 Å². The molecule has 0 spiro atoms. The number of benzene rings is 1. The zero-order valence-electron chi connectivity index (χ0n) is 10.5. The number of carboxylic acids is 1. The molecule has 96 valence electrons. The summed E-state index contributed by atoms with van der Waals surface area (Å²) in [5.41, 5.74) is 0.893. The first kappa shape index (κ1) is 14.0. The third-order valence-electron chi connectivity index (χ3n) is 2.46. The van der Waals surface area contributed by atoms with Crippen molar-refractivity contribution in [1.82, 2.24) is 5.32 Å². The van der Waals surface area contributed by atoms with Crippen LogP contribution in [0, 0.1) is 5.92 Å². The second-order valence-electron chi connectivity index (χ2n) is 4.31. The molecule has 0 aromatic heterocycles. The smallest absolute Gasteiger partial charge is 0.326 e. The van der Waals surface area contributed by atoms with Crippen molar-refractivity contribution in [2.45, 2.75) is 19.9 Å². The van der Waals surface area contributed by atoms with Gasteiger partial charge in [0.15, 0.2) is 0 Å². The van der Waals surface area contributed by atoms with E-state index in [1.54, 1.807) is 19.9 Å². The molecule has 2 N–H and O–H groups in total. The van der Waals surface area contributed by atoms with E-state index in [2.05, 4.69) is 5.32 Å². The van der Waals surface area contributed by atoms with Crippen LogP contribution in [0.1, 0.15) is 19.4 Å². The molecule has 1 amide bonds. The van der Waals surface area contributed by atoms with E-state index >= 15 is 0 Å². The Kier molecular flexibility index (Phi) is 5.11. The van der Waals surface area contributed by atoms with Gasteiger partial charge in [-0.1, -0.05) is 44.2 Å². The van der Waals surface area contributed by atoms with E-state index in [-0.39, 0.29) is 5.92 Å². The summed E-state index contributed by atoms with van der Waals surface area (Å²) in [5.74, 6) is -1.58. The molecule has 0 aliphatic rings. The second-order valence-corrected chi connectivity index (χ2v) is 4.31. The van der Waals surface area contributed by atoms with Crippen LogP contribution in [-0.4, -0.2) is 23.0 Å². The van der Waals surface area contributed by atoms with Crippen molar-refractivity contribution in [3.05, 3.63) is 42.0 Å². The quantitative estimate of drug-likeness (QED) is 0.781. The largest absolute Gasteiger partial charge is 0.480 e. The average molecular weight is 247 g/mol. The first-order valence-corrected chi connectivity index (χ1v) is 5.77. The Labute approximate surface area is 106 Å². The number of carbonyl (C=O) groups excluding carboxylic acids is 1. The van der Waals surface area contributed by atoms with Crippen molar-refractivity contribution in [2.24, 2.45) is 5.92 Å². The molecule has 0 bridgehead atoms. The van der Waals surface area contributed by atoms with Crippen LogP contribution < -0.4 is 5.32 Å². The van der Waals surface area contributed by atoms with Crippen LogP contribution in [0.2, 0.25) is 0 Å². The summed E-state index contributed by atoms with van der Waals surface area (Å²) in [5, 5.41) is 11.4. The first-order valence-electron chi connectivity index (χ1n) is 5.77. The maximum Gasteiger partial charge on any atom is 0.326 e. The fourth-order valence-electron chi connectivity index (χ4n) is 1.45. The van der Waals surface area contributed by atoms with Crippen molar-refractivity contribution in [1.29, 1.82) is 0 Å². The van der Waals surface area contributed by atoms with E-state index < -0.39 is 17.9 Å². The van der Waals surface area contributed by atoms with Crippen molar-refractivity contribution >= 4 is 18.0 Å². The Balaban J connectivity index is 2.61. The topological polar surface area (TPSA) is 66.4 Å². The number of hydrogen-bond donors (Lipinski definition) is 2. The number of rotatable bonds is 5. The molecule has 4 heteroatoms. The van der Waals surface area contributed by atoms with Gasteiger partial charge in [-0.3, -0.25) is 4.79 Å². The van der Waals surface area contributed by atoms with Crippen molar-refractivity contribution in [3.8, 4) is 0 Å². The van der Waals surface area contributed by atoms with Crippen LogP contribution in [0.3, 0.4) is 0 Å². The normalized spacial score (nSPS) is 12.6. The summed E-state index contributed by atoms with van der Waals surface area (Å²) < 4.78 is 0. The van der Waals surface area contributed by atoms with Crippen LogP contribution in [0.5, 0.6) is 0 Å². The molecule has 0 unspecified atom stereocenters. The standard InChI is InChI=1S/C14H17NO3/c1-10(2)13(14(17)18)15-12(16)9-8-11-6-4-3-5-7-11/h3-10,13H,1-2H3,(H,15,16)(H,17,18)/b9-8-/t13-/m0/s1. The molecule has 0 fully saturated rings. The molecule has 18 heavy (non-hydrogen) atoms. The molecule has 0 aliphatic carbocycles. The summed E-state index contributed by atoms with van der Waals surface area (Å²) in [6.07, 6.45) is 2.99.